The van der Waals surface area contributed by atoms with Gasteiger partial charge in [0.2, 0.25) is 17.7 Å². The second-order valence-corrected chi connectivity index (χ2v) is 5.62. The molecule has 124 valence electrons. The molecule has 2 heterocycles. The molecule has 1 saturated heterocycles. The number of rotatable bonds is 4. The number of hydrogen-bond donors (Lipinski definition) is 0. The first-order chi connectivity index (χ1) is 11.0. The fourth-order valence-corrected chi connectivity index (χ4v) is 2.52. The summed E-state index contributed by atoms with van der Waals surface area (Å²) in [6, 6.07) is 3.68. The monoisotopic (exact) mass is 318 g/mol. The highest BCUT2D eigenvalue weighted by molar-refractivity contribution is 5.84. The summed E-state index contributed by atoms with van der Waals surface area (Å²) in [4.78, 5) is 44.5. The van der Waals surface area contributed by atoms with E-state index in [-0.39, 0.29) is 24.3 Å². The van der Waals surface area contributed by atoms with E-state index in [1.54, 1.807) is 28.3 Å². The van der Waals surface area contributed by atoms with E-state index < -0.39 is 0 Å². The molecule has 0 atom stereocenters. The first kappa shape index (κ1) is 16.9. The molecule has 0 radical (unpaired) electrons. The number of piperazine rings is 1. The first-order valence-electron chi connectivity index (χ1n) is 7.65. The van der Waals surface area contributed by atoms with Crippen LogP contribution in [0.15, 0.2) is 24.5 Å². The maximum Gasteiger partial charge on any atom is 0.242 e. The molecule has 23 heavy (non-hydrogen) atoms. The molecule has 1 aliphatic heterocycles. The molecule has 0 saturated carbocycles. The molecule has 1 aromatic rings. The van der Waals surface area contributed by atoms with E-state index in [4.69, 9.17) is 0 Å². The van der Waals surface area contributed by atoms with E-state index in [1.165, 1.54) is 18.7 Å². The number of hydrogen-bond acceptors (Lipinski definition) is 4. The van der Waals surface area contributed by atoms with Gasteiger partial charge in [0, 0.05) is 59.0 Å². The van der Waals surface area contributed by atoms with Gasteiger partial charge in [0.1, 0.15) is 6.54 Å². The summed E-state index contributed by atoms with van der Waals surface area (Å²) < 4.78 is 0. The SMILES string of the molecule is CC(=O)N1CCN(C(=O)CN(Cc2cccnc2)C(C)=O)CC1. The Morgan fingerprint density at radius 3 is 2.30 bits per heavy atom. The Balaban J connectivity index is 1.91. The Morgan fingerprint density at radius 2 is 1.78 bits per heavy atom. The lowest BCUT2D eigenvalue weighted by Gasteiger charge is -2.35. The number of aromatic nitrogens is 1. The second kappa shape index (κ2) is 7.71. The van der Waals surface area contributed by atoms with Crippen LogP contribution < -0.4 is 0 Å². The molecular formula is C16H22N4O3. The first-order valence-corrected chi connectivity index (χ1v) is 7.65. The van der Waals surface area contributed by atoms with Gasteiger partial charge in [0.15, 0.2) is 0 Å². The van der Waals surface area contributed by atoms with Crippen molar-refractivity contribution in [2.45, 2.75) is 20.4 Å². The van der Waals surface area contributed by atoms with E-state index in [2.05, 4.69) is 4.98 Å². The van der Waals surface area contributed by atoms with Gasteiger partial charge in [-0.2, -0.15) is 0 Å². The van der Waals surface area contributed by atoms with Crippen molar-refractivity contribution < 1.29 is 14.4 Å². The lowest BCUT2D eigenvalue weighted by Crippen LogP contribution is -2.52. The van der Waals surface area contributed by atoms with E-state index in [9.17, 15) is 14.4 Å². The number of pyridine rings is 1. The molecule has 7 nitrogen and oxygen atoms in total. The molecule has 1 aromatic heterocycles. The van der Waals surface area contributed by atoms with E-state index in [0.29, 0.717) is 32.7 Å². The van der Waals surface area contributed by atoms with Crippen LogP contribution in [0, 0.1) is 0 Å². The zero-order valence-corrected chi connectivity index (χ0v) is 13.6. The predicted octanol–water partition coefficient (Wildman–Crippen LogP) is 0.121. The zero-order chi connectivity index (χ0) is 16.8. The van der Waals surface area contributed by atoms with Crippen LogP contribution in [0.25, 0.3) is 0 Å². The standard InChI is InChI=1S/C16H22N4O3/c1-13(21)18-6-8-19(9-7-18)16(23)12-20(14(2)22)11-15-4-3-5-17-10-15/h3-5,10H,6-9,11-12H2,1-2H3. The van der Waals surface area contributed by atoms with Gasteiger partial charge >= 0.3 is 0 Å². The van der Waals surface area contributed by atoms with Crippen LogP contribution in [0.2, 0.25) is 0 Å². The number of amides is 3. The highest BCUT2D eigenvalue weighted by atomic mass is 16.2. The van der Waals surface area contributed by atoms with Gasteiger partial charge in [-0.15, -0.1) is 0 Å². The molecule has 0 spiro atoms. The molecule has 3 amide bonds. The Labute approximate surface area is 135 Å². The predicted molar refractivity (Wildman–Crippen MR) is 84.2 cm³/mol. The van der Waals surface area contributed by atoms with Crippen molar-refractivity contribution in [3.8, 4) is 0 Å². The van der Waals surface area contributed by atoms with Crippen molar-refractivity contribution >= 4 is 17.7 Å². The molecule has 0 unspecified atom stereocenters. The summed E-state index contributed by atoms with van der Waals surface area (Å²) in [5, 5.41) is 0. The van der Waals surface area contributed by atoms with Crippen molar-refractivity contribution in [1.82, 2.24) is 19.7 Å². The summed E-state index contributed by atoms with van der Waals surface area (Å²) in [6.45, 7) is 5.51. The highest BCUT2D eigenvalue weighted by Crippen LogP contribution is 2.07. The molecule has 2 rings (SSSR count). The Bertz CT molecular complexity index is 568. The number of carbonyl (C=O) groups is 3. The van der Waals surface area contributed by atoms with Crippen LogP contribution in [-0.2, 0) is 20.9 Å². The summed E-state index contributed by atoms with van der Waals surface area (Å²) in [7, 11) is 0. The molecule has 0 aliphatic carbocycles. The molecule has 7 heteroatoms. The Morgan fingerprint density at radius 1 is 1.13 bits per heavy atom. The molecular weight excluding hydrogens is 296 g/mol. The summed E-state index contributed by atoms with van der Waals surface area (Å²) in [6.07, 6.45) is 3.35. The minimum atomic E-state index is -0.149. The summed E-state index contributed by atoms with van der Waals surface area (Å²) in [5.74, 6) is -0.212. The van der Waals surface area contributed by atoms with Crippen LogP contribution in [0.5, 0.6) is 0 Å². The molecule has 1 aliphatic rings. The fourth-order valence-electron chi connectivity index (χ4n) is 2.52. The van der Waals surface area contributed by atoms with Crippen LogP contribution in [-0.4, -0.2) is 70.1 Å². The minimum absolute atomic E-state index is 0.0269. The molecule has 0 aromatic carbocycles. The third kappa shape index (κ3) is 4.77. The van der Waals surface area contributed by atoms with Gasteiger partial charge in [-0.1, -0.05) is 6.07 Å². The lowest BCUT2D eigenvalue weighted by molar-refractivity contribution is -0.142. The van der Waals surface area contributed by atoms with Crippen molar-refractivity contribution in [3.05, 3.63) is 30.1 Å². The zero-order valence-electron chi connectivity index (χ0n) is 13.6. The Kier molecular flexibility index (Phi) is 5.67. The minimum Gasteiger partial charge on any atom is -0.339 e. The average molecular weight is 318 g/mol. The highest BCUT2D eigenvalue weighted by Gasteiger charge is 2.24. The maximum absolute atomic E-state index is 12.4. The average Bonchev–Trinajstić information content (AvgIpc) is 2.55. The van der Waals surface area contributed by atoms with Gasteiger partial charge in [-0.3, -0.25) is 19.4 Å². The van der Waals surface area contributed by atoms with E-state index in [1.807, 2.05) is 6.07 Å². The smallest absolute Gasteiger partial charge is 0.242 e. The quantitative estimate of drug-likeness (QED) is 0.790. The maximum atomic E-state index is 12.4. The number of carbonyl (C=O) groups excluding carboxylic acids is 3. The summed E-state index contributed by atoms with van der Waals surface area (Å²) in [5.41, 5.74) is 0.886. The van der Waals surface area contributed by atoms with Crippen LogP contribution >= 0.6 is 0 Å². The lowest BCUT2D eigenvalue weighted by atomic mass is 10.2. The van der Waals surface area contributed by atoms with Crippen molar-refractivity contribution in [1.29, 1.82) is 0 Å². The summed E-state index contributed by atoms with van der Waals surface area (Å²) >= 11 is 0. The second-order valence-electron chi connectivity index (χ2n) is 5.62. The van der Waals surface area contributed by atoms with E-state index >= 15 is 0 Å². The Hall–Kier alpha value is -2.44. The van der Waals surface area contributed by atoms with Crippen LogP contribution in [0.3, 0.4) is 0 Å². The van der Waals surface area contributed by atoms with Crippen LogP contribution in [0.1, 0.15) is 19.4 Å². The molecule has 0 bridgehead atoms. The van der Waals surface area contributed by atoms with Crippen molar-refractivity contribution in [2.75, 3.05) is 32.7 Å². The number of nitrogens with zero attached hydrogens (tertiary/aromatic N) is 4. The van der Waals surface area contributed by atoms with Gasteiger partial charge < -0.3 is 14.7 Å². The van der Waals surface area contributed by atoms with Gasteiger partial charge in [0.25, 0.3) is 0 Å². The van der Waals surface area contributed by atoms with Crippen molar-refractivity contribution in [3.63, 3.8) is 0 Å². The van der Waals surface area contributed by atoms with E-state index in [0.717, 1.165) is 5.56 Å². The molecule has 0 N–H and O–H groups in total. The topological polar surface area (TPSA) is 73.8 Å². The van der Waals surface area contributed by atoms with Gasteiger partial charge in [-0.25, -0.2) is 0 Å². The normalized spacial score (nSPS) is 14.5. The largest absolute Gasteiger partial charge is 0.339 e. The van der Waals surface area contributed by atoms with Gasteiger partial charge in [0.05, 0.1) is 0 Å². The molecule has 1 fully saturated rings. The third-order valence-corrected chi connectivity index (χ3v) is 3.95. The van der Waals surface area contributed by atoms with Crippen molar-refractivity contribution in [2.24, 2.45) is 0 Å². The van der Waals surface area contributed by atoms with Gasteiger partial charge in [-0.05, 0) is 11.6 Å². The van der Waals surface area contributed by atoms with Crippen LogP contribution in [0.4, 0.5) is 0 Å². The third-order valence-electron chi connectivity index (χ3n) is 3.95. The fraction of sp³-hybridized carbons (Fsp3) is 0.500.